The summed E-state index contributed by atoms with van der Waals surface area (Å²) in [7, 11) is 0. The van der Waals surface area contributed by atoms with Gasteiger partial charge in [-0.25, -0.2) is 0 Å². The third-order valence-electron chi connectivity index (χ3n) is 9.69. The molecule has 2 N–H and O–H groups in total. The lowest BCUT2D eigenvalue weighted by atomic mass is 10.1. The molecule has 5 aromatic rings. The maximum absolute atomic E-state index is 13.4. The first-order valence-corrected chi connectivity index (χ1v) is 18.6. The Labute approximate surface area is 318 Å². The minimum Gasteiger partial charge on any atom is -0.493 e. The number of para-hydroxylation sites is 2. The largest absolute Gasteiger partial charge is 0.493 e. The van der Waals surface area contributed by atoms with E-state index in [1.54, 1.807) is 94.7 Å². The number of hydrogen-bond acceptors (Lipinski definition) is 9. The van der Waals surface area contributed by atoms with Crippen molar-refractivity contribution in [1.82, 2.24) is 20.0 Å². The van der Waals surface area contributed by atoms with E-state index in [0.29, 0.717) is 96.1 Å². The lowest BCUT2D eigenvalue weighted by Crippen LogP contribution is -2.43. The number of carbonyl (C=O) groups is 4. The van der Waals surface area contributed by atoms with Crippen LogP contribution in [0.15, 0.2) is 101 Å². The Kier molecular flexibility index (Phi) is 11.2. The molecule has 2 aliphatic heterocycles. The second-order valence-corrected chi connectivity index (χ2v) is 13.2. The Hall–Kier alpha value is -6.50. The lowest BCUT2D eigenvalue weighted by Gasteiger charge is -2.25. The van der Waals surface area contributed by atoms with Gasteiger partial charge in [0.1, 0.15) is 23.6 Å². The number of nitrogens with zero attached hydrogens (tertiary/aromatic N) is 4. The summed E-state index contributed by atoms with van der Waals surface area (Å²) >= 11 is 0. The topological polar surface area (TPSA) is 156 Å². The molecule has 2 aliphatic rings. The number of rotatable bonds is 12. The molecule has 13 heteroatoms. The summed E-state index contributed by atoms with van der Waals surface area (Å²) in [5, 5.41) is 14.3. The molecule has 0 bridgehead atoms. The van der Waals surface area contributed by atoms with Crippen LogP contribution in [0, 0.1) is 0 Å². The molecule has 0 saturated carbocycles. The van der Waals surface area contributed by atoms with Gasteiger partial charge < -0.3 is 34.3 Å². The summed E-state index contributed by atoms with van der Waals surface area (Å²) < 4.78 is 17.3. The normalized spacial score (nSPS) is 16.5. The van der Waals surface area contributed by atoms with Crippen molar-refractivity contribution in [3.05, 3.63) is 108 Å². The van der Waals surface area contributed by atoms with E-state index in [1.165, 1.54) is 0 Å². The van der Waals surface area contributed by atoms with Gasteiger partial charge >= 0.3 is 0 Å². The number of amides is 4. The zero-order valence-corrected chi connectivity index (χ0v) is 30.7. The summed E-state index contributed by atoms with van der Waals surface area (Å²) in [5.41, 5.74) is 3.34. The van der Waals surface area contributed by atoms with E-state index in [1.807, 2.05) is 26.0 Å². The van der Waals surface area contributed by atoms with Crippen LogP contribution < -0.4 is 20.1 Å². The number of benzene rings is 4. The first-order chi connectivity index (χ1) is 26.8. The number of likely N-dealkylation sites (tertiary alicyclic amines) is 2. The fraction of sp³-hybridized carbons (Fsp3) is 0.286. The van der Waals surface area contributed by atoms with Crippen LogP contribution in [0.4, 0.5) is 11.4 Å². The molecule has 7 rings (SSSR count). The van der Waals surface area contributed by atoms with Crippen molar-refractivity contribution in [3.8, 4) is 34.4 Å². The molecule has 4 amide bonds. The molecule has 13 nitrogen and oxygen atoms in total. The van der Waals surface area contributed by atoms with Gasteiger partial charge in [0.05, 0.1) is 24.3 Å². The van der Waals surface area contributed by atoms with Crippen LogP contribution in [0.3, 0.4) is 0 Å². The van der Waals surface area contributed by atoms with Gasteiger partial charge in [-0.05, 0) is 112 Å². The van der Waals surface area contributed by atoms with Crippen LogP contribution in [0.25, 0.3) is 22.9 Å². The molecular formula is C42H42N6O7. The van der Waals surface area contributed by atoms with Gasteiger partial charge in [-0.3, -0.25) is 19.2 Å². The highest BCUT2D eigenvalue weighted by Crippen LogP contribution is 2.30. The van der Waals surface area contributed by atoms with E-state index in [2.05, 4.69) is 20.8 Å². The highest BCUT2D eigenvalue weighted by atomic mass is 16.5. The molecule has 1 aromatic heterocycles. The molecule has 0 spiro atoms. The van der Waals surface area contributed by atoms with Gasteiger partial charge in [0.25, 0.3) is 11.8 Å². The maximum atomic E-state index is 13.4. The summed E-state index contributed by atoms with van der Waals surface area (Å²) in [6.45, 7) is 5.56. The lowest BCUT2D eigenvalue weighted by molar-refractivity contribution is -0.120. The van der Waals surface area contributed by atoms with Crippen LogP contribution in [0.1, 0.15) is 60.2 Å². The minimum atomic E-state index is -0.601. The van der Waals surface area contributed by atoms with Crippen LogP contribution >= 0.6 is 0 Å². The van der Waals surface area contributed by atoms with Gasteiger partial charge in [-0.15, -0.1) is 10.2 Å². The number of nitrogens with one attached hydrogen (secondary N) is 2. The number of aromatic nitrogens is 2. The van der Waals surface area contributed by atoms with Crippen molar-refractivity contribution in [3.63, 3.8) is 0 Å². The van der Waals surface area contributed by atoms with Crippen LogP contribution in [-0.4, -0.2) is 82.0 Å². The average Bonchev–Trinajstić information content (AvgIpc) is 4.01. The van der Waals surface area contributed by atoms with Crippen LogP contribution in [0.2, 0.25) is 0 Å². The summed E-state index contributed by atoms with van der Waals surface area (Å²) in [6, 6.07) is 27.0. The predicted molar refractivity (Wildman–Crippen MR) is 206 cm³/mol. The van der Waals surface area contributed by atoms with Gasteiger partial charge in [0.2, 0.25) is 23.6 Å². The summed E-state index contributed by atoms with van der Waals surface area (Å²) in [5.74, 6) is 0.620. The van der Waals surface area contributed by atoms with Crippen molar-refractivity contribution < 1.29 is 33.1 Å². The molecule has 2 saturated heterocycles. The summed E-state index contributed by atoms with van der Waals surface area (Å²) in [4.78, 5) is 56.8. The van der Waals surface area contributed by atoms with E-state index in [9.17, 15) is 19.2 Å². The molecular weight excluding hydrogens is 700 g/mol. The number of hydrogen-bond donors (Lipinski definition) is 2. The van der Waals surface area contributed by atoms with Gasteiger partial charge in [0.15, 0.2) is 0 Å². The van der Waals surface area contributed by atoms with Crippen LogP contribution in [0.5, 0.6) is 11.5 Å². The maximum Gasteiger partial charge on any atom is 0.258 e. The minimum absolute atomic E-state index is 0.228. The second kappa shape index (κ2) is 16.7. The van der Waals surface area contributed by atoms with Gasteiger partial charge in [-0.2, -0.15) is 0 Å². The molecule has 2 unspecified atom stereocenters. The highest BCUT2D eigenvalue weighted by molar-refractivity contribution is 6.04. The Bertz CT molecular complexity index is 2020. The third kappa shape index (κ3) is 8.05. The van der Waals surface area contributed by atoms with E-state index in [-0.39, 0.29) is 23.6 Å². The number of anilines is 2. The molecule has 55 heavy (non-hydrogen) atoms. The Morgan fingerprint density at radius 3 is 1.42 bits per heavy atom. The van der Waals surface area contributed by atoms with Crippen molar-refractivity contribution >= 4 is 35.0 Å². The smallest absolute Gasteiger partial charge is 0.258 e. The molecule has 4 aromatic carbocycles. The molecule has 2 fully saturated rings. The zero-order valence-electron chi connectivity index (χ0n) is 30.7. The van der Waals surface area contributed by atoms with Gasteiger partial charge in [0, 0.05) is 35.6 Å². The molecule has 0 aliphatic carbocycles. The zero-order chi connectivity index (χ0) is 38.3. The molecule has 0 radical (unpaired) electrons. The van der Waals surface area contributed by atoms with Crippen molar-refractivity contribution in [1.29, 1.82) is 0 Å². The van der Waals surface area contributed by atoms with Gasteiger partial charge in [-0.1, -0.05) is 24.3 Å². The standard InChI is InChI=1S/C42H42N6O7/c1-3-53-35-15-7-5-11-31(35)41(51)47-25-9-13-33(47)37(49)43-29-21-17-27(18-22-29)39-45-46-40(55-39)28-19-23-30(24-20-28)44-38(50)34-14-10-26-48(34)42(52)32-12-6-8-16-36(32)54-4-2/h5-8,11-12,15-24,33-34H,3-4,9-10,13-14,25-26H2,1-2H3,(H,43,49)(H,44,50). The van der Waals surface area contributed by atoms with E-state index in [0.717, 1.165) is 12.8 Å². The quantitative estimate of drug-likeness (QED) is 0.142. The van der Waals surface area contributed by atoms with E-state index >= 15 is 0 Å². The van der Waals surface area contributed by atoms with Crippen LogP contribution in [-0.2, 0) is 9.59 Å². The second-order valence-electron chi connectivity index (χ2n) is 13.2. The SMILES string of the molecule is CCOc1ccccc1C(=O)N1CCCC1C(=O)Nc1ccc(-c2nnc(-c3ccc(NC(=O)C4CCCN4C(=O)c4ccccc4OCC)cc3)o2)cc1. The fourth-order valence-electron chi connectivity index (χ4n) is 7.02. The molecule has 3 heterocycles. The highest BCUT2D eigenvalue weighted by Gasteiger charge is 2.37. The fourth-order valence-corrected chi connectivity index (χ4v) is 7.02. The monoisotopic (exact) mass is 742 g/mol. The third-order valence-corrected chi connectivity index (χ3v) is 9.69. The Morgan fingerprint density at radius 2 is 1.02 bits per heavy atom. The molecule has 2 atom stereocenters. The van der Waals surface area contributed by atoms with Crippen molar-refractivity contribution in [2.75, 3.05) is 36.9 Å². The number of ether oxygens (including phenoxy) is 2. The average molecular weight is 743 g/mol. The first-order valence-electron chi connectivity index (χ1n) is 18.6. The number of carbonyl (C=O) groups excluding carboxylic acids is 4. The summed E-state index contributed by atoms with van der Waals surface area (Å²) in [6.07, 6.45) is 2.58. The van der Waals surface area contributed by atoms with Crippen molar-refractivity contribution in [2.45, 2.75) is 51.6 Å². The van der Waals surface area contributed by atoms with Crippen molar-refractivity contribution in [2.24, 2.45) is 0 Å². The molecule has 282 valence electrons. The van der Waals surface area contributed by atoms with E-state index in [4.69, 9.17) is 13.9 Å². The Morgan fingerprint density at radius 1 is 0.618 bits per heavy atom. The Balaban J connectivity index is 0.951. The predicted octanol–water partition coefficient (Wildman–Crippen LogP) is 6.69. The first kappa shape index (κ1) is 36.8. The van der Waals surface area contributed by atoms with E-state index < -0.39 is 12.1 Å².